The van der Waals surface area contributed by atoms with Crippen LogP contribution in [-0.4, -0.2) is 11.0 Å². The summed E-state index contributed by atoms with van der Waals surface area (Å²) < 4.78 is 0. The third-order valence-electron chi connectivity index (χ3n) is 4.85. The molecule has 20 heavy (non-hydrogen) atoms. The van der Waals surface area contributed by atoms with E-state index in [-0.39, 0.29) is 0 Å². The highest BCUT2D eigenvalue weighted by molar-refractivity contribution is 5.55. The van der Waals surface area contributed by atoms with Gasteiger partial charge in [-0.1, -0.05) is 19.8 Å². The van der Waals surface area contributed by atoms with Crippen molar-refractivity contribution in [2.24, 2.45) is 5.92 Å². The molecule has 0 aromatic carbocycles. The molecule has 1 saturated carbocycles. The maximum atomic E-state index is 9.39. The first-order valence-corrected chi connectivity index (χ1v) is 7.97. The van der Waals surface area contributed by atoms with E-state index in [2.05, 4.69) is 24.4 Å². The highest BCUT2D eigenvalue weighted by atomic mass is 15.0. The average molecular weight is 269 g/mol. The Balaban J connectivity index is 1.86. The molecule has 0 aliphatic heterocycles. The normalized spacial score (nSPS) is 25.6. The second-order valence-electron chi connectivity index (χ2n) is 6.32. The number of fused-ring (bicyclic) bond motifs is 1. The Morgan fingerprint density at radius 1 is 1.20 bits per heavy atom. The lowest BCUT2D eigenvalue weighted by Crippen LogP contribution is -2.31. The van der Waals surface area contributed by atoms with E-state index in [0.29, 0.717) is 12.0 Å². The van der Waals surface area contributed by atoms with Crippen LogP contribution in [0.5, 0.6) is 0 Å². The van der Waals surface area contributed by atoms with Gasteiger partial charge < -0.3 is 5.32 Å². The van der Waals surface area contributed by atoms with Crippen molar-refractivity contribution in [1.29, 1.82) is 5.26 Å². The molecule has 3 rings (SSSR count). The molecule has 3 nitrogen and oxygen atoms in total. The lowest BCUT2D eigenvalue weighted by molar-refractivity contribution is 0.349. The summed E-state index contributed by atoms with van der Waals surface area (Å²) >= 11 is 0. The third kappa shape index (κ3) is 2.65. The van der Waals surface area contributed by atoms with Gasteiger partial charge in [-0.3, -0.25) is 0 Å². The fraction of sp³-hybridized carbons (Fsp3) is 0.647. The smallest absolute Gasteiger partial charge is 0.144 e. The number of aromatic nitrogens is 1. The predicted octanol–water partition coefficient (Wildman–Crippen LogP) is 3.82. The minimum absolute atomic E-state index is 0.477. The largest absolute Gasteiger partial charge is 0.366 e. The number of anilines is 1. The summed E-state index contributed by atoms with van der Waals surface area (Å²) in [6.07, 6.45) is 9.70. The lowest BCUT2D eigenvalue weighted by Gasteiger charge is -2.30. The van der Waals surface area contributed by atoms with Crippen molar-refractivity contribution in [3.63, 3.8) is 0 Å². The second-order valence-corrected chi connectivity index (χ2v) is 6.32. The van der Waals surface area contributed by atoms with Gasteiger partial charge in [0.25, 0.3) is 0 Å². The van der Waals surface area contributed by atoms with Crippen LogP contribution in [0.15, 0.2) is 6.07 Å². The molecule has 1 heterocycles. The molecule has 1 aromatic rings. The molecule has 0 spiro atoms. The number of nitrogens with one attached hydrogen (secondary N) is 1. The van der Waals surface area contributed by atoms with Crippen LogP contribution in [0.3, 0.4) is 0 Å². The van der Waals surface area contributed by atoms with Crippen LogP contribution in [0.2, 0.25) is 0 Å². The van der Waals surface area contributed by atoms with Gasteiger partial charge in [-0.15, -0.1) is 0 Å². The number of hydrogen-bond donors (Lipinski definition) is 1. The van der Waals surface area contributed by atoms with Gasteiger partial charge in [-0.25, -0.2) is 4.98 Å². The Labute approximate surface area is 121 Å². The van der Waals surface area contributed by atoms with E-state index in [1.807, 2.05) is 0 Å². The quantitative estimate of drug-likeness (QED) is 0.887. The summed E-state index contributed by atoms with van der Waals surface area (Å²) in [5.41, 5.74) is 3.22. The summed E-state index contributed by atoms with van der Waals surface area (Å²) in [6.45, 7) is 2.31. The fourth-order valence-corrected chi connectivity index (χ4v) is 3.54. The van der Waals surface area contributed by atoms with E-state index in [0.717, 1.165) is 24.2 Å². The monoisotopic (exact) mass is 269 g/mol. The third-order valence-corrected chi connectivity index (χ3v) is 4.85. The number of nitrogens with zero attached hydrogens (tertiary/aromatic N) is 2. The van der Waals surface area contributed by atoms with E-state index < -0.39 is 0 Å². The van der Waals surface area contributed by atoms with Crippen LogP contribution < -0.4 is 5.32 Å². The van der Waals surface area contributed by atoms with Crippen molar-refractivity contribution >= 4 is 5.82 Å². The molecule has 2 aliphatic carbocycles. The highest BCUT2D eigenvalue weighted by Gasteiger charge is 2.23. The number of rotatable bonds is 2. The molecule has 1 N–H and O–H groups in total. The highest BCUT2D eigenvalue weighted by Crippen LogP contribution is 2.29. The lowest BCUT2D eigenvalue weighted by atomic mass is 9.86. The SMILES string of the molecule is CC1CCCCC1Nc1nc2c(cc1C#N)CCCC2. The molecule has 1 fully saturated rings. The molecule has 2 atom stereocenters. The van der Waals surface area contributed by atoms with E-state index in [4.69, 9.17) is 4.98 Å². The molecule has 1 aromatic heterocycles. The van der Waals surface area contributed by atoms with Crippen LogP contribution in [0, 0.1) is 17.2 Å². The van der Waals surface area contributed by atoms with E-state index in [1.54, 1.807) is 0 Å². The van der Waals surface area contributed by atoms with Gasteiger partial charge in [0.2, 0.25) is 0 Å². The summed E-state index contributed by atoms with van der Waals surface area (Å²) in [4.78, 5) is 4.78. The molecule has 2 unspecified atom stereocenters. The molecule has 0 amide bonds. The van der Waals surface area contributed by atoms with Crippen LogP contribution >= 0.6 is 0 Å². The van der Waals surface area contributed by atoms with Gasteiger partial charge in [0.05, 0.1) is 5.56 Å². The molecular formula is C17H23N3. The molecule has 0 bridgehead atoms. The first-order valence-electron chi connectivity index (χ1n) is 7.97. The number of nitriles is 1. The minimum Gasteiger partial charge on any atom is -0.366 e. The fourth-order valence-electron chi connectivity index (χ4n) is 3.54. The molecule has 3 heteroatoms. The van der Waals surface area contributed by atoms with E-state index in [9.17, 15) is 5.26 Å². The topological polar surface area (TPSA) is 48.7 Å². The average Bonchev–Trinajstić information content (AvgIpc) is 2.49. The zero-order valence-corrected chi connectivity index (χ0v) is 12.3. The van der Waals surface area contributed by atoms with Gasteiger partial charge in [-0.05, 0) is 56.1 Å². The van der Waals surface area contributed by atoms with Crippen LogP contribution in [0.4, 0.5) is 5.82 Å². The predicted molar refractivity (Wildman–Crippen MR) is 80.6 cm³/mol. The van der Waals surface area contributed by atoms with Gasteiger partial charge in [0.1, 0.15) is 11.9 Å². The second kappa shape index (κ2) is 5.83. The molecule has 106 valence electrons. The van der Waals surface area contributed by atoms with Crippen molar-refractivity contribution in [3.05, 3.63) is 22.9 Å². The van der Waals surface area contributed by atoms with E-state index in [1.165, 1.54) is 49.8 Å². The van der Waals surface area contributed by atoms with Crippen molar-refractivity contribution in [3.8, 4) is 6.07 Å². The van der Waals surface area contributed by atoms with Crippen molar-refractivity contribution in [2.45, 2.75) is 64.3 Å². The van der Waals surface area contributed by atoms with Crippen molar-refractivity contribution in [2.75, 3.05) is 5.32 Å². The summed E-state index contributed by atoms with van der Waals surface area (Å²) in [7, 11) is 0. The molecule has 0 saturated heterocycles. The Hall–Kier alpha value is -1.56. The summed E-state index contributed by atoms with van der Waals surface area (Å²) in [5.74, 6) is 1.50. The number of pyridine rings is 1. The Morgan fingerprint density at radius 3 is 2.80 bits per heavy atom. The maximum Gasteiger partial charge on any atom is 0.144 e. The molecule has 2 aliphatic rings. The van der Waals surface area contributed by atoms with Crippen molar-refractivity contribution < 1.29 is 0 Å². The first-order chi connectivity index (χ1) is 9.78. The van der Waals surface area contributed by atoms with Gasteiger partial charge in [0, 0.05) is 11.7 Å². The summed E-state index contributed by atoms with van der Waals surface area (Å²) in [6, 6.07) is 4.87. The summed E-state index contributed by atoms with van der Waals surface area (Å²) in [5, 5.41) is 13.0. The zero-order chi connectivity index (χ0) is 13.9. The number of aryl methyl sites for hydroxylation is 2. The maximum absolute atomic E-state index is 9.39. The first kappa shape index (κ1) is 13.4. The molecule has 0 radical (unpaired) electrons. The van der Waals surface area contributed by atoms with E-state index >= 15 is 0 Å². The zero-order valence-electron chi connectivity index (χ0n) is 12.3. The number of hydrogen-bond acceptors (Lipinski definition) is 3. The Bertz CT molecular complexity index is 530. The van der Waals surface area contributed by atoms with Gasteiger partial charge in [-0.2, -0.15) is 5.26 Å². The molecular weight excluding hydrogens is 246 g/mol. The van der Waals surface area contributed by atoms with Crippen molar-refractivity contribution in [1.82, 2.24) is 4.98 Å². The van der Waals surface area contributed by atoms with Crippen LogP contribution in [-0.2, 0) is 12.8 Å². The van der Waals surface area contributed by atoms with Gasteiger partial charge in [0.15, 0.2) is 0 Å². The Kier molecular flexibility index (Phi) is 3.91. The van der Waals surface area contributed by atoms with Crippen LogP contribution in [0.1, 0.15) is 62.3 Å². The van der Waals surface area contributed by atoms with Crippen LogP contribution in [0.25, 0.3) is 0 Å². The van der Waals surface area contributed by atoms with Gasteiger partial charge >= 0.3 is 0 Å². The standard InChI is InChI=1S/C17H23N3/c1-12-6-2-4-8-15(12)19-17-14(11-18)10-13-7-3-5-9-16(13)20-17/h10,12,15H,2-9H2,1H3,(H,19,20). The Morgan fingerprint density at radius 2 is 2.00 bits per heavy atom. The minimum atomic E-state index is 0.477.